The van der Waals surface area contributed by atoms with E-state index in [2.05, 4.69) is 25.5 Å². The number of nitrogens with zero attached hydrogens (tertiary/aromatic N) is 3. The Kier molecular flexibility index (Phi) is 2.92. The number of nitrogen functional groups attached to an aromatic ring is 1. The zero-order valence-electron chi connectivity index (χ0n) is 8.86. The molecule has 17 heavy (non-hydrogen) atoms. The number of hydrogen-bond acceptors (Lipinski definition) is 5. The first-order valence-electron chi connectivity index (χ1n) is 4.67. The number of carbonyl (C=O) groups is 1. The van der Waals surface area contributed by atoms with Gasteiger partial charge in [0.25, 0.3) is 5.91 Å². The number of H-pyrrole nitrogens is 1. The number of amides is 1. The maximum Gasteiger partial charge on any atom is 0.278 e. The van der Waals surface area contributed by atoms with Gasteiger partial charge in [-0.2, -0.15) is 5.10 Å². The second-order valence-electron chi connectivity index (χ2n) is 3.31. The topological polar surface area (TPSA) is 110 Å². The van der Waals surface area contributed by atoms with Gasteiger partial charge in [0, 0.05) is 5.69 Å². The van der Waals surface area contributed by atoms with Gasteiger partial charge in [0.1, 0.15) is 10.8 Å². The normalized spacial score (nSPS) is 10.2. The van der Waals surface area contributed by atoms with Crippen LogP contribution in [0, 0.1) is 6.92 Å². The van der Waals surface area contributed by atoms with E-state index in [1.54, 1.807) is 13.0 Å². The van der Waals surface area contributed by atoms with E-state index in [-0.39, 0.29) is 22.5 Å². The number of halogens is 1. The lowest BCUT2D eigenvalue weighted by Crippen LogP contribution is -2.16. The van der Waals surface area contributed by atoms with Gasteiger partial charge in [0.2, 0.25) is 5.95 Å². The highest BCUT2D eigenvalue weighted by Crippen LogP contribution is 2.12. The minimum atomic E-state index is -0.471. The fraction of sp³-hybridized carbons (Fsp3) is 0.111. The van der Waals surface area contributed by atoms with Gasteiger partial charge >= 0.3 is 0 Å². The summed E-state index contributed by atoms with van der Waals surface area (Å²) < 4.78 is 0. The lowest BCUT2D eigenvalue weighted by molar-refractivity contribution is 0.102. The van der Waals surface area contributed by atoms with Gasteiger partial charge in [-0.3, -0.25) is 15.2 Å². The standard InChI is InChI=1S/C9H9ClN6O/c1-4-2-6(10)14-9(13-4)15-8(17)7-5(11)3-12-16-7/h2-3H,11H2,1H3,(H,12,16)(H,13,14,15,17). The molecule has 0 saturated carbocycles. The van der Waals surface area contributed by atoms with E-state index in [1.807, 2.05) is 0 Å². The third-order valence-electron chi connectivity index (χ3n) is 1.94. The van der Waals surface area contributed by atoms with Gasteiger partial charge in [0.05, 0.1) is 11.9 Å². The summed E-state index contributed by atoms with van der Waals surface area (Å²) in [5.74, 6) is -0.351. The third-order valence-corrected chi connectivity index (χ3v) is 2.14. The molecule has 0 unspecified atom stereocenters. The van der Waals surface area contributed by atoms with Crippen LogP contribution in [0.2, 0.25) is 5.15 Å². The molecule has 2 heterocycles. The minimum absolute atomic E-state index is 0.119. The number of nitrogens with two attached hydrogens (primary N) is 1. The fourth-order valence-electron chi connectivity index (χ4n) is 1.23. The van der Waals surface area contributed by atoms with Crippen LogP contribution in [0.5, 0.6) is 0 Å². The zero-order valence-corrected chi connectivity index (χ0v) is 9.62. The van der Waals surface area contributed by atoms with Crippen LogP contribution in [-0.2, 0) is 0 Å². The summed E-state index contributed by atoms with van der Waals surface area (Å²) >= 11 is 5.74. The molecule has 0 aliphatic carbocycles. The quantitative estimate of drug-likeness (QED) is 0.691. The molecule has 0 aliphatic rings. The average molecular weight is 253 g/mol. The molecule has 0 spiro atoms. The second-order valence-corrected chi connectivity index (χ2v) is 3.70. The zero-order chi connectivity index (χ0) is 12.4. The minimum Gasteiger partial charge on any atom is -0.396 e. The molecule has 0 bridgehead atoms. The Morgan fingerprint density at radius 1 is 1.53 bits per heavy atom. The summed E-state index contributed by atoms with van der Waals surface area (Å²) in [6, 6.07) is 1.59. The lowest BCUT2D eigenvalue weighted by atomic mass is 10.3. The predicted molar refractivity (Wildman–Crippen MR) is 62.7 cm³/mol. The van der Waals surface area contributed by atoms with Crippen LogP contribution in [0.1, 0.15) is 16.2 Å². The Labute approximate surface area is 101 Å². The van der Waals surface area contributed by atoms with Crippen LogP contribution in [0.25, 0.3) is 0 Å². The Morgan fingerprint density at radius 3 is 2.88 bits per heavy atom. The molecule has 1 amide bonds. The van der Waals surface area contributed by atoms with Crippen molar-refractivity contribution in [1.29, 1.82) is 0 Å². The van der Waals surface area contributed by atoms with Crippen molar-refractivity contribution in [2.24, 2.45) is 0 Å². The Morgan fingerprint density at radius 2 is 2.29 bits per heavy atom. The van der Waals surface area contributed by atoms with Crippen LogP contribution < -0.4 is 11.1 Å². The highest BCUT2D eigenvalue weighted by atomic mass is 35.5. The molecule has 8 heteroatoms. The van der Waals surface area contributed by atoms with Crippen LogP contribution in [-0.4, -0.2) is 26.1 Å². The Hall–Kier alpha value is -2.15. The largest absolute Gasteiger partial charge is 0.396 e. The van der Waals surface area contributed by atoms with Crippen molar-refractivity contribution in [3.63, 3.8) is 0 Å². The number of anilines is 2. The molecule has 88 valence electrons. The summed E-state index contributed by atoms with van der Waals surface area (Å²) in [5.41, 5.74) is 6.59. The number of carbonyl (C=O) groups excluding carboxylic acids is 1. The molecule has 2 aromatic heterocycles. The molecule has 0 aromatic carbocycles. The number of rotatable bonds is 2. The summed E-state index contributed by atoms with van der Waals surface area (Å²) in [6.07, 6.45) is 1.35. The van der Waals surface area contributed by atoms with E-state index in [4.69, 9.17) is 17.3 Å². The van der Waals surface area contributed by atoms with Crippen LogP contribution in [0.4, 0.5) is 11.6 Å². The van der Waals surface area contributed by atoms with Crippen molar-refractivity contribution >= 4 is 29.1 Å². The molecule has 0 radical (unpaired) electrons. The number of aromatic nitrogens is 4. The van der Waals surface area contributed by atoms with Gasteiger partial charge in [-0.1, -0.05) is 11.6 Å². The van der Waals surface area contributed by atoms with Gasteiger partial charge in [-0.25, -0.2) is 9.97 Å². The maximum absolute atomic E-state index is 11.7. The molecule has 2 rings (SSSR count). The average Bonchev–Trinajstić information content (AvgIpc) is 2.62. The Balaban J connectivity index is 2.21. The lowest BCUT2D eigenvalue weighted by Gasteiger charge is -2.03. The monoisotopic (exact) mass is 252 g/mol. The summed E-state index contributed by atoms with van der Waals surface area (Å²) in [4.78, 5) is 19.6. The van der Waals surface area contributed by atoms with Gasteiger partial charge in [0.15, 0.2) is 0 Å². The second kappa shape index (κ2) is 4.38. The van der Waals surface area contributed by atoms with Crippen molar-refractivity contribution in [2.45, 2.75) is 6.92 Å². The van der Waals surface area contributed by atoms with Crippen LogP contribution in [0.3, 0.4) is 0 Å². The van der Waals surface area contributed by atoms with Crippen LogP contribution in [0.15, 0.2) is 12.3 Å². The van der Waals surface area contributed by atoms with Crippen molar-refractivity contribution < 1.29 is 4.79 Å². The van der Waals surface area contributed by atoms with Crippen molar-refractivity contribution in [3.8, 4) is 0 Å². The number of aryl methyl sites for hydroxylation is 1. The maximum atomic E-state index is 11.7. The van der Waals surface area contributed by atoms with Gasteiger partial charge < -0.3 is 5.73 Å². The first kappa shape index (κ1) is 11.3. The first-order chi connectivity index (χ1) is 8.06. The van der Waals surface area contributed by atoms with E-state index in [9.17, 15) is 4.79 Å². The molecule has 0 aliphatic heterocycles. The predicted octanol–water partition coefficient (Wildman–Crippen LogP) is 0.996. The molecule has 7 nitrogen and oxygen atoms in total. The molecule has 2 aromatic rings. The molecule has 0 fully saturated rings. The highest BCUT2D eigenvalue weighted by Gasteiger charge is 2.13. The van der Waals surface area contributed by atoms with E-state index in [0.717, 1.165) is 0 Å². The van der Waals surface area contributed by atoms with Gasteiger partial charge in [-0.05, 0) is 13.0 Å². The molecular formula is C9H9ClN6O. The number of hydrogen-bond donors (Lipinski definition) is 3. The summed E-state index contributed by atoms with van der Waals surface area (Å²) in [7, 11) is 0. The smallest absolute Gasteiger partial charge is 0.278 e. The summed E-state index contributed by atoms with van der Waals surface area (Å²) in [5, 5.41) is 8.85. The molecule has 0 atom stereocenters. The number of nitrogens with one attached hydrogen (secondary N) is 2. The van der Waals surface area contributed by atoms with E-state index in [1.165, 1.54) is 6.20 Å². The highest BCUT2D eigenvalue weighted by molar-refractivity contribution is 6.29. The van der Waals surface area contributed by atoms with Crippen molar-refractivity contribution in [1.82, 2.24) is 20.2 Å². The SMILES string of the molecule is Cc1cc(Cl)nc(NC(=O)c2[nH]ncc2N)n1. The molecule has 4 N–H and O–H groups in total. The van der Waals surface area contributed by atoms with Crippen molar-refractivity contribution in [3.05, 3.63) is 28.8 Å². The first-order valence-corrected chi connectivity index (χ1v) is 5.05. The summed E-state index contributed by atoms with van der Waals surface area (Å²) in [6.45, 7) is 1.74. The van der Waals surface area contributed by atoms with E-state index in [0.29, 0.717) is 5.69 Å². The van der Waals surface area contributed by atoms with E-state index >= 15 is 0 Å². The van der Waals surface area contributed by atoms with Crippen LogP contribution >= 0.6 is 11.6 Å². The van der Waals surface area contributed by atoms with E-state index < -0.39 is 5.91 Å². The fourth-order valence-corrected chi connectivity index (χ4v) is 1.47. The molecule has 0 saturated heterocycles. The Bertz CT molecular complexity index is 546. The van der Waals surface area contributed by atoms with Gasteiger partial charge in [-0.15, -0.1) is 0 Å². The molecular weight excluding hydrogens is 244 g/mol. The number of aromatic amines is 1. The third kappa shape index (κ3) is 2.51. The van der Waals surface area contributed by atoms with Crippen molar-refractivity contribution in [2.75, 3.05) is 11.1 Å².